The van der Waals surface area contributed by atoms with Gasteiger partial charge in [-0.3, -0.25) is 52.7 Å². The zero-order valence-corrected chi connectivity index (χ0v) is 57.6. The molecule has 93 heavy (non-hydrogen) atoms. The van der Waals surface area contributed by atoms with E-state index in [1.165, 1.54) is 59.1 Å². The molecule has 11 amide bonds. The van der Waals surface area contributed by atoms with Crippen molar-refractivity contribution in [1.29, 1.82) is 0 Å². The predicted octanol–water partition coefficient (Wildman–Crippen LogP) is 5.46. The molecule has 0 unspecified atom stereocenters. The normalized spacial score (nSPS) is 24.1. The monoisotopic (exact) mass is 1330 g/mol. The summed E-state index contributed by atoms with van der Waals surface area (Å²) in [6.45, 7) is 14.0. The van der Waals surface area contributed by atoms with Crippen molar-refractivity contribution in [2.24, 2.45) is 23.7 Å². The van der Waals surface area contributed by atoms with Crippen LogP contribution in [0.3, 0.4) is 0 Å². The average molecular weight is 1330 g/mol. The number of halogens is 5. The molecule has 1 saturated heterocycles. The molecule has 0 bridgehead atoms. The van der Waals surface area contributed by atoms with Gasteiger partial charge in [-0.1, -0.05) is 104 Å². The van der Waals surface area contributed by atoms with Crippen molar-refractivity contribution >= 4 is 76.6 Å². The third-order valence-corrected chi connectivity index (χ3v) is 17.9. The van der Waals surface area contributed by atoms with Gasteiger partial charge in [-0.25, -0.2) is 4.39 Å². The van der Waals surface area contributed by atoms with E-state index in [0.29, 0.717) is 42.0 Å². The Labute approximate surface area is 549 Å². The van der Waals surface area contributed by atoms with Crippen LogP contribution in [0.1, 0.15) is 137 Å². The minimum Gasteiger partial charge on any atom is -0.351 e. The molecule has 8 atom stereocenters. The number of rotatable bonds is 12. The van der Waals surface area contributed by atoms with E-state index < -0.39 is 162 Å². The van der Waals surface area contributed by atoms with Crippen LogP contribution in [0.5, 0.6) is 0 Å². The smallest absolute Gasteiger partial charge is 0.351 e. The highest BCUT2D eigenvalue weighted by molar-refractivity contribution is 6.30. The molecule has 1 aliphatic carbocycles. The molecule has 0 radical (unpaired) electrons. The SMILES string of the molecule is CC[C@H](C)[C@@H]1NC(=O)[C@H](C(C)C)N(C)C(=O)C[C@@H](C)NC(=O)[C@H](CC(C)C)N(C)C(=O)C2(CCCC2)NC(=O)[C@H](CC(C)C)N(C)C(=O)[C@H](CCc2ccc(C(F)(F)F)c(F)c2)NC(=O)CN(C)C(=O)[C@H](Cc2ccc(Cl)cc2)N(C)C(=O)CN(C)C(=O)CN(C)C1=O. The molecule has 1 aliphatic heterocycles. The maximum absolute atomic E-state index is 15.1. The topological polar surface area (TPSA) is 259 Å². The molecule has 4 rings (SSSR count). The highest BCUT2D eigenvalue weighted by atomic mass is 35.5. The largest absolute Gasteiger partial charge is 0.419 e. The molecule has 2 fully saturated rings. The lowest BCUT2D eigenvalue weighted by Crippen LogP contribution is -2.64. The third kappa shape index (κ3) is 21.3. The minimum absolute atomic E-state index is 0.0173. The van der Waals surface area contributed by atoms with Gasteiger partial charge in [0.05, 0.1) is 25.2 Å². The maximum Gasteiger partial charge on any atom is 0.419 e. The van der Waals surface area contributed by atoms with Gasteiger partial charge in [0, 0.05) is 73.2 Å². The Morgan fingerprint density at radius 2 is 1.15 bits per heavy atom. The van der Waals surface area contributed by atoms with Gasteiger partial charge in [0.15, 0.2) is 0 Å². The number of carbonyl (C=O) groups is 11. The highest BCUT2D eigenvalue weighted by Crippen LogP contribution is 2.34. The second kappa shape index (κ2) is 34.2. The molecule has 1 heterocycles. The van der Waals surface area contributed by atoms with Gasteiger partial charge in [-0.05, 0) is 105 Å². The number of nitrogens with zero attached hydrogens (tertiary/aromatic N) is 7. The summed E-state index contributed by atoms with van der Waals surface area (Å²) in [5.41, 5.74) is -2.53. The van der Waals surface area contributed by atoms with E-state index >= 15 is 14.4 Å². The van der Waals surface area contributed by atoms with Crippen molar-refractivity contribution < 1.29 is 70.3 Å². The fourth-order valence-corrected chi connectivity index (χ4v) is 12.0. The Balaban J connectivity index is 1.86. The van der Waals surface area contributed by atoms with Gasteiger partial charge in [0.1, 0.15) is 47.6 Å². The Hall–Kier alpha value is -7.38. The quantitative estimate of drug-likeness (QED) is 0.194. The van der Waals surface area contributed by atoms with Gasteiger partial charge >= 0.3 is 6.18 Å². The van der Waals surface area contributed by atoms with Gasteiger partial charge in [0.2, 0.25) is 65.0 Å². The number of aryl methyl sites for hydroxylation is 1. The first-order chi connectivity index (χ1) is 43.2. The van der Waals surface area contributed by atoms with E-state index in [4.69, 9.17) is 11.6 Å². The Kier molecular flexibility index (Phi) is 28.7. The van der Waals surface area contributed by atoms with Crippen LogP contribution in [-0.4, -0.2) is 216 Å². The van der Waals surface area contributed by atoms with Crippen molar-refractivity contribution in [1.82, 2.24) is 55.6 Å². The van der Waals surface area contributed by atoms with E-state index in [2.05, 4.69) is 21.3 Å². The van der Waals surface area contributed by atoms with Crippen molar-refractivity contribution in [3.05, 3.63) is 70.0 Å². The van der Waals surface area contributed by atoms with E-state index in [0.717, 1.165) is 30.6 Å². The molecule has 518 valence electrons. The number of nitrogens with one attached hydrogen (secondary N) is 4. The van der Waals surface area contributed by atoms with Crippen LogP contribution < -0.4 is 21.3 Å². The number of hydrogen-bond acceptors (Lipinski definition) is 11. The van der Waals surface area contributed by atoms with Crippen LogP contribution in [0.2, 0.25) is 5.02 Å². The molecule has 4 N–H and O–H groups in total. The highest BCUT2D eigenvalue weighted by Gasteiger charge is 2.48. The third-order valence-electron chi connectivity index (χ3n) is 17.7. The van der Waals surface area contributed by atoms with Crippen molar-refractivity contribution in [2.45, 2.75) is 187 Å². The van der Waals surface area contributed by atoms with Gasteiger partial charge in [-0.2, -0.15) is 13.2 Å². The number of hydrogen-bond donors (Lipinski definition) is 4. The summed E-state index contributed by atoms with van der Waals surface area (Å²) in [6.07, 6.45) is -4.15. The molecule has 1 saturated carbocycles. The van der Waals surface area contributed by atoms with Crippen molar-refractivity contribution in [3.8, 4) is 0 Å². The van der Waals surface area contributed by atoms with E-state index in [1.807, 2.05) is 20.8 Å². The molecular formula is C66H98ClF4N11O11. The number of benzene rings is 2. The second-order valence-electron chi connectivity index (χ2n) is 26.6. The summed E-state index contributed by atoms with van der Waals surface area (Å²) in [5.74, 6) is -10.7. The molecule has 0 aromatic heterocycles. The van der Waals surface area contributed by atoms with Gasteiger partial charge < -0.3 is 55.6 Å². The van der Waals surface area contributed by atoms with Gasteiger partial charge in [-0.15, -0.1) is 0 Å². The van der Waals surface area contributed by atoms with E-state index in [-0.39, 0.29) is 68.8 Å². The summed E-state index contributed by atoms with van der Waals surface area (Å²) < 4.78 is 56.0. The Morgan fingerprint density at radius 3 is 1.69 bits per heavy atom. The van der Waals surface area contributed by atoms with E-state index in [1.54, 1.807) is 65.8 Å². The van der Waals surface area contributed by atoms with Crippen molar-refractivity contribution in [2.75, 3.05) is 69.0 Å². The minimum atomic E-state index is -5.01. The summed E-state index contributed by atoms with van der Waals surface area (Å²) in [5, 5.41) is 11.7. The van der Waals surface area contributed by atoms with Crippen LogP contribution >= 0.6 is 11.6 Å². The summed E-state index contributed by atoms with van der Waals surface area (Å²) in [4.78, 5) is 168. The van der Waals surface area contributed by atoms with E-state index in [9.17, 15) is 55.9 Å². The first-order valence-electron chi connectivity index (χ1n) is 31.9. The number of alkyl halides is 3. The van der Waals surface area contributed by atoms with Crippen LogP contribution in [-0.2, 0) is 71.8 Å². The molecule has 2 aromatic carbocycles. The number of likely N-dealkylation sites (N-methyl/N-ethyl adjacent to an activating group) is 7. The lowest BCUT2D eigenvalue weighted by atomic mass is 9.91. The summed E-state index contributed by atoms with van der Waals surface area (Å²) in [6, 6.07) is 0.167. The molecule has 2 aliphatic rings. The van der Waals surface area contributed by atoms with Gasteiger partial charge in [0.25, 0.3) is 0 Å². The standard InChI is InChI=1S/C66H98ClF4N11O11/c1-17-41(8)56-63(92)78(12)36-54(85)76(10)37-55(86)79(13)51(34-44-20-24-45(67)25-21-44)62(91)77(11)35-52(83)73-48(27-23-43-22-26-46(47(68)33-43)66(69,70)71)61(90)80(14)50(31-39(4)5)59(88)75-65(28-18-19-29-65)64(93)81(15)49(30-38(2)3)58(87)72-42(9)32-53(84)82(16)57(40(6)7)60(89)74-56/h20-22,24-26,33,38-42,48-51,56-57H,17-19,23,27-32,34-37H2,1-16H3,(H,72,87)(H,73,83)(H,74,89)(H,75,88)/t41-,42+,48-,49-,50-,51-,56-,57-/m0/s1. The Bertz CT molecular complexity index is 3000. The summed E-state index contributed by atoms with van der Waals surface area (Å²) >= 11 is 6.20. The average Bonchev–Trinajstić information content (AvgIpc) is 1.77. The number of carbonyl (C=O) groups excluding carboxylic acids is 11. The molecule has 22 nitrogen and oxygen atoms in total. The zero-order chi connectivity index (χ0) is 70.3. The first-order valence-corrected chi connectivity index (χ1v) is 32.2. The van der Waals surface area contributed by atoms with Crippen molar-refractivity contribution in [3.63, 3.8) is 0 Å². The van der Waals surface area contributed by atoms with Crippen LogP contribution in [0.4, 0.5) is 17.6 Å². The fourth-order valence-electron chi connectivity index (χ4n) is 11.9. The molecule has 2 aromatic rings. The molecular weight excluding hydrogens is 1230 g/mol. The predicted molar refractivity (Wildman–Crippen MR) is 343 cm³/mol. The molecule has 1 spiro atoms. The molecule has 27 heteroatoms. The summed E-state index contributed by atoms with van der Waals surface area (Å²) in [7, 11) is 9.50. The maximum atomic E-state index is 15.1. The van der Waals surface area contributed by atoms with Crippen LogP contribution in [0, 0.1) is 29.5 Å². The lowest BCUT2D eigenvalue weighted by Gasteiger charge is -2.39. The second-order valence-corrected chi connectivity index (χ2v) is 27.0. The fraction of sp³-hybridized carbons (Fsp3) is 0.652. The Morgan fingerprint density at radius 1 is 0.602 bits per heavy atom. The number of amides is 11. The lowest BCUT2D eigenvalue weighted by molar-refractivity contribution is -0.149. The van der Waals surface area contributed by atoms with Crippen LogP contribution in [0.25, 0.3) is 0 Å². The first kappa shape index (κ1) is 78.1. The zero-order valence-electron chi connectivity index (χ0n) is 56.8. The van der Waals surface area contributed by atoms with Crippen LogP contribution in [0.15, 0.2) is 42.5 Å².